The van der Waals surface area contributed by atoms with Crippen LogP contribution in [0, 0.1) is 0 Å². The number of nitrogens with zero attached hydrogens (tertiary/aromatic N) is 5. The predicted octanol–water partition coefficient (Wildman–Crippen LogP) is 0.120. The van der Waals surface area contributed by atoms with Crippen molar-refractivity contribution in [2.45, 2.75) is 13.5 Å². The molecule has 0 aliphatic carbocycles. The molecule has 2 rings (SSSR count). The molecule has 7 heteroatoms. The number of aromatic nitrogens is 4. The van der Waals surface area contributed by atoms with Crippen molar-refractivity contribution in [1.82, 2.24) is 19.7 Å². The summed E-state index contributed by atoms with van der Waals surface area (Å²) in [6.45, 7) is 3.10. The highest BCUT2D eigenvalue weighted by molar-refractivity contribution is 5.41. The fourth-order valence-corrected chi connectivity index (χ4v) is 1.53. The maximum Gasteiger partial charge on any atom is 0.269 e. The number of nitrogens with two attached hydrogens (primary N) is 1. The second kappa shape index (κ2) is 5.47. The Bertz CT molecular complexity index is 606. The van der Waals surface area contributed by atoms with E-state index >= 15 is 0 Å². The number of hydrogen-bond donors (Lipinski definition) is 1. The Balaban J connectivity index is 2.22. The van der Waals surface area contributed by atoms with Crippen molar-refractivity contribution in [3.63, 3.8) is 0 Å². The van der Waals surface area contributed by atoms with E-state index in [1.807, 2.05) is 18.9 Å². The zero-order chi connectivity index (χ0) is 13.8. The number of nitrogen functional groups attached to an aromatic ring is 1. The minimum Gasteiger partial charge on any atom is -0.382 e. The molecule has 0 saturated heterocycles. The average Bonchev–Trinajstić information content (AvgIpc) is 2.42. The lowest BCUT2D eigenvalue weighted by Crippen LogP contribution is -2.26. The van der Waals surface area contributed by atoms with E-state index in [1.54, 1.807) is 12.3 Å². The third kappa shape index (κ3) is 3.06. The van der Waals surface area contributed by atoms with Gasteiger partial charge in [-0.05, 0) is 6.92 Å². The van der Waals surface area contributed by atoms with Crippen molar-refractivity contribution in [3.05, 3.63) is 40.7 Å². The summed E-state index contributed by atoms with van der Waals surface area (Å²) < 4.78 is 1.34. The number of rotatable bonds is 4. The molecule has 0 aromatic carbocycles. The molecule has 2 aromatic rings. The van der Waals surface area contributed by atoms with E-state index in [1.165, 1.54) is 17.1 Å². The Morgan fingerprint density at radius 1 is 1.32 bits per heavy atom. The summed E-state index contributed by atoms with van der Waals surface area (Å²) in [7, 11) is 1.91. The summed E-state index contributed by atoms with van der Waals surface area (Å²) in [5, 5.41) is 4.13. The lowest BCUT2D eigenvalue weighted by molar-refractivity contribution is 0.625. The maximum absolute atomic E-state index is 11.9. The van der Waals surface area contributed by atoms with Crippen LogP contribution in [-0.2, 0) is 6.54 Å². The summed E-state index contributed by atoms with van der Waals surface area (Å²) in [6, 6.07) is 1.56. The van der Waals surface area contributed by atoms with E-state index in [9.17, 15) is 4.79 Å². The molecule has 0 spiro atoms. The first kappa shape index (κ1) is 13.0. The molecule has 0 radical (unpaired) electrons. The van der Waals surface area contributed by atoms with Crippen LogP contribution in [0.4, 0.5) is 11.5 Å². The van der Waals surface area contributed by atoms with E-state index in [0.29, 0.717) is 11.5 Å². The van der Waals surface area contributed by atoms with Crippen LogP contribution in [0.1, 0.15) is 12.6 Å². The van der Waals surface area contributed by atoms with Gasteiger partial charge in [-0.3, -0.25) is 9.78 Å². The lowest BCUT2D eigenvalue weighted by atomic mass is 10.4. The molecule has 2 N–H and O–H groups in total. The van der Waals surface area contributed by atoms with Crippen LogP contribution in [0.25, 0.3) is 0 Å². The van der Waals surface area contributed by atoms with Gasteiger partial charge in [0.25, 0.3) is 5.56 Å². The third-order valence-corrected chi connectivity index (χ3v) is 2.81. The van der Waals surface area contributed by atoms with Crippen LogP contribution in [0.5, 0.6) is 0 Å². The SMILES string of the molecule is CCN(C)c1cnn(Cc2cnc(N)cn2)c(=O)c1. The molecule has 0 aliphatic heterocycles. The summed E-state index contributed by atoms with van der Waals surface area (Å²) in [6.07, 6.45) is 4.66. The van der Waals surface area contributed by atoms with Gasteiger partial charge in [-0.1, -0.05) is 0 Å². The van der Waals surface area contributed by atoms with Crippen molar-refractivity contribution in [1.29, 1.82) is 0 Å². The molecule has 0 bridgehead atoms. The standard InChI is InChI=1S/C12H16N6O/c1-3-17(2)10-4-12(19)18(16-6-10)8-9-5-15-11(13)7-14-9/h4-7H,3,8H2,1-2H3,(H2,13,15). The Kier molecular flexibility index (Phi) is 3.74. The van der Waals surface area contributed by atoms with Crippen LogP contribution in [0.3, 0.4) is 0 Å². The molecule has 0 amide bonds. The van der Waals surface area contributed by atoms with E-state index in [-0.39, 0.29) is 12.1 Å². The molecule has 0 saturated carbocycles. The van der Waals surface area contributed by atoms with Gasteiger partial charge >= 0.3 is 0 Å². The van der Waals surface area contributed by atoms with Crippen LogP contribution in [0.15, 0.2) is 29.5 Å². The monoisotopic (exact) mass is 260 g/mol. The molecule has 7 nitrogen and oxygen atoms in total. The highest BCUT2D eigenvalue weighted by Crippen LogP contribution is 2.06. The van der Waals surface area contributed by atoms with Gasteiger partial charge in [0.2, 0.25) is 0 Å². The first-order valence-electron chi connectivity index (χ1n) is 5.95. The van der Waals surface area contributed by atoms with Crippen LogP contribution in [0.2, 0.25) is 0 Å². The molecule has 2 aromatic heterocycles. The maximum atomic E-state index is 11.9. The summed E-state index contributed by atoms with van der Waals surface area (Å²) in [4.78, 5) is 21.9. The van der Waals surface area contributed by atoms with Gasteiger partial charge in [0.15, 0.2) is 0 Å². The molecule has 0 unspecified atom stereocenters. The summed E-state index contributed by atoms with van der Waals surface area (Å²) in [5.74, 6) is 0.351. The van der Waals surface area contributed by atoms with E-state index in [2.05, 4.69) is 15.1 Å². The highest BCUT2D eigenvalue weighted by Gasteiger charge is 2.05. The Hall–Kier alpha value is -2.44. The highest BCUT2D eigenvalue weighted by atomic mass is 16.1. The predicted molar refractivity (Wildman–Crippen MR) is 73.0 cm³/mol. The fraction of sp³-hybridized carbons (Fsp3) is 0.333. The molecular formula is C12H16N6O. The third-order valence-electron chi connectivity index (χ3n) is 2.81. The minimum absolute atomic E-state index is 0.170. The van der Waals surface area contributed by atoms with Crippen molar-refractivity contribution in [2.24, 2.45) is 0 Å². The second-order valence-electron chi connectivity index (χ2n) is 4.16. The van der Waals surface area contributed by atoms with Crippen molar-refractivity contribution >= 4 is 11.5 Å². The van der Waals surface area contributed by atoms with E-state index < -0.39 is 0 Å². The molecular weight excluding hydrogens is 244 g/mol. The quantitative estimate of drug-likeness (QED) is 0.839. The zero-order valence-corrected chi connectivity index (χ0v) is 10.9. The normalized spacial score (nSPS) is 10.4. The van der Waals surface area contributed by atoms with Gasteiger partial charge in [0, 0.05) is 19.7 Å². The Morgan fingerprint density at radius 3 is 2.68 bits per heavy atom. The average molecular weight is 260 g/mol. The van der Waals surface area contributed by atoms with Crippen molar-refractivity contribution in [2.75, 3.05) is 24.2 Å². The molecule has 0 fully saturated rings. The molecule has 19 heavy (non-hydrogen) atoms. The summed E-state index contributed by atoms with van der Waals surface area (Å²) >= 11 is 0. The van der Waals surface area contributed by atoms with E-state index in [4.69, 9.17) is 5.73 Å². The molecule has 100 valence electrons. The van der Waals surface area contributed by atoms with Gasteiger partial charge in [-0.2, -0.15) is 5.10 Å². The van der Waals surface area contributed by atoms with Gasteiger partial charge in [-0.15, -0.1) is 0 Å². The van der Waals surface area contributed by atoms with Gasteiger partial charge in [-0.25, -0.2) is 9.67 Å². The first-order chi connectivity index (χ1) is 9.10. The molecule has 2 heterocycles. The van der Waals surface area contributed by atoms with Crippen LogP contribution >= 0.6 is 0 Å². The number of hydrogen-bond acceptors (Lipinski definition) is 6. The Morgan fingerprint density at radius 2 is 2.11 bits per heavy atom. The topological polar surface area (TPSA) is 89.9 Å². The van der Waals surface area contributed by atoms with Gasteiger partial charge < -0.3 is 10.6 Å². The lowest BCUT2D eigenvalue weighted by Gasteiger charge is -2.16. The Labute approximate surface area is 110 Å². The molecule has 0 atom stereocenters. The van der Waals surface area contributed by atoms with Crippen LogP contribution in [-0.4, -0.2) is 33.3 Å². The number of anilines is 2. The van der Waals surface area contributed by atoms with E-state index in [0.717, 1.165) is 12.2 Å². The fourth-order valence-electron chi connectivity index (χ4n) is 1.53. The summed E-state index contributed by atoms with van der Waals surface area (Å²) in [5.41, 5.74) is 6.72. The van der Waals surface area contributed by atoms with Crippen molar-refractivity contribution < 1.29 is 0 Å². The largest absolute Gasteiger partial charge is 0.382 e. The van der Waals surface area contributed by atoms with Gasteiger partial charge in [0.05, 0.1) is 36.5 Å². The molecule has 0 aliphatic rings. The van der Waals surface area contributed by atoms with Crippen LogP contribution < -0.4 is 16.2 Å². The second-order valence-corrected chi connectivity index (χ2v) is 4.16. The van der Waals surface area contributed by atoms with Crippen molar-refractivity contribution in [3.8, 4) is 0 Å². The first-order valence-corrected chi connectivity index (χ1v) is 5.95. The van der Waals surface area contributed by atoms with Gasteiger partial charge in [0.1, 0.15) is 5.82 Å². The zero-order valence-electron chi connectivity index (χ0n) is 10.9. The smallest absolute Gasteiger partial charge is 0.269 e. The minimum atomic E-state index is -0.170.